The highest BCUT2D eigenvalue weighted by Gasteiger charge is 2.26. The van der Waals surface area contributed by atoms with Crippen LogP contribution in [0.4, 0.5) is 0 Å². The predicted octanol–water partition coefficient (Wildman–Crippen LogP) is 3.44. The minimum atomic E-state index is 0.306. The summed E-state index contributed by atoms with van der Waals surface area (Å²) in [6.45, 7) is 2.94. The molecule has 0 aromatic carbocycles. The number of hydrogen-bond acceptors (Lipinski definition) is 6. The number of aromatic nitrogens is 4. The normalized spacial score (nSPS) is 17.8. The minimum Gasteiger partial charge on any atom is -0.436 e. The van der Waals surface area contributed by atoms with Gasteiger partial charge in [0.25, 0.3) is 0 Å². The van der Waals surface area contributed by atoms with Crippen molar-refractivity contribution in [1.29, 1.82) is 0 Å². The molecule has 1 aliphatic heterocycles. The van der Waals surface area contributed by atoms with Gasteiger partial charge in [-0.25, -0.2) is 4.98 Å². The van der Waals surface area contributed by atoms with Crippen molar-refractivity contribution < 1.29 is 4.74 Å². The van der Waals surface area contributed by atoms with E-state index < -0.39 is 0 Å². The van der Waals surface area contributed by atoms with Crippen molar-refractivity contribution in [3.05, 3.63) is 72.7 Å². The Labute approximate surface area is 152 Å². The number of ether oxygens (including phenoxy) is 1. The number of hydrogen-bond donors (Lipinski definition) is 0. The van der Waals surface area contributed by atoms with Crippen LogP contribution in [-0.4, -0.2) is 37.9 Å². The van der Waals surface area contributed by atoms with Crippen LogP contribution in [0.2, 0.25) is 0 Å². The van der Waals surface area contributed by atoms with E-state index in [-0.39, 0.29) is 0 Å². The SMILES string of the molecule is c1cncc(CN2CCC[C@@H](c3nccnc3Oc3cccnc3)C2)c1. The topological polar surface area (TPSA) is 64.0 Å². The van der Waals surface area contributed by atoms with Gasteiger partial charge < -0.3 is 4.74 Å². The van der Waals surface area contributed by atoms with Gasteiger partial charge in [0.1, 0.15) is 11.4 Å². The summed E-state index contributed by atoms with van der Waals surface area (Å²) in [5, 5.41) is 0. The first-order valence-corrected chi connectivity index (χ1v) is 8.88. The van der Waals surface area contributed by atoms with E-state index in [4.69, 9.17) is 4.74 Å². The molecule has 26 heavy (non-hydrogen) atoms. The van der Waals surface area contributed by atoms with E-state index in [1.165, 1.54) is 5.56 Å². The summed E-state index contributed by atoms with van der Waals surface area (Å²) >= 11 is 0. The third-order valence-electron chi connectivity index (χ3n) is 4.56. The zero-order valence-electron chi connectivity index (χ0n) is 14.5. The van der Waals surface area contributed by atoms with Crippen molar-refractivity contribution in [1.82, 2.24) is 24.8 Å². The molecule has 0 amide bonds. The Bertz CT molecular complexity index is 828. The van der Waals surface area contributed by atoms with Crippen LogP contribution < -0.4 is 4.74 Å². The van der Waals surface area contributed by atoms with Crippen molar-refractivity contribution in [2.24, 2.45) is 0 Å². The molecule has 0 radical (unpaired) electrons. The van der Waals surface area contributed by atoms with Gasteiger partial charge in [-0.2, -0.15) is 0 Å². The fraction of sp³-hybridized carbons (Fsp3) is 0.300. The molecular formula is C20H21N5O. The Morgan fingerprint density at radius 1 is 1.00 bits per heavy atom. The molecule has 1 atom stereocenters. The lowest BCUT2D eigenvalue weighted by molar-refractivity contribution is 0.196. The van der Waals surface area contributed by atoms with Crippen LogP contribution in [0.5, 0.6) is 11.6 Å². The predicted molar refractivity (Wildman–Crippen MR) is 97.8 cm³/mol. The number of pyridine rings is 2. The lowest BCUT2D eigenvalue weighted by Crippen LogP contribution is -2.34. The van der Waals surface area contributed by atoms with E-state index in [1.54, 1.807) is 24.8 Å². The van der Waals surface area contributed by atoms with Crippen LogP contribution in [0.3, 0.4) is 0 Å². The van der Waals surface area contributed by atoms with Crippen LogP contribution in [0, 0.1) is 0 Å². The average molecular weight is 347 g/mol. The second kappa shape index (κ2) is 8.01. The third-order valence-corrected chi connectivity index (χ3v) is 4.56. The van der Waals surface area contributed by atoms with Gasteiger partial charge in [0, 0.05) is 50.0 Å². The summed E-state index contributed by atoms with van der Waals surface area (Å²) in [6, 6.07) is 7.83. The molecule has 6 nitrogen and oxygen atoms in total. The standard InChI is InChI=1S/C20H21N5O/c1-4-16(12-21-7-1)14-25-11-3-5-17(15-25)19-20(24-10-9-23-19)26-18-6-2-8-22-13-18/h1-2,4,6-10,12-13,17H,3,5,11,14-15H2/t17-/m1/s1. The summed E-state index contributed by atoms with van der Waals surface area (Å²) in [4.78, 5) is 19.8. The summed E-state index contributed by atoms with van der Waals surface area (Å²) in [7, 11) is 0. The molecule has 3 aromatic heterocycles. The second-order valence-corrected chi connectivity index (χ2v) is 6.47. The van der Waals surface area contributed by atoms with E-state index in [9.17, 15) is 0 Å². The zero-order chi connectivity index (χ0) is 17.6. The Hall–Kier alpha value is -2.86. The van der Waals surface area contributed by atoms with Crippen LogP contribution in [0.25, 0.3) is 0 Å². The highest BCUT2D eigenvalue weighted by atomic mass is 16.5. The molecule has 4 heterocycles. The summed E-state index contributed by atoms with van der Waals surface area (Å²) in [5.74, 6) is 1.56. The lowest BCUT2D eigenvalue weighted by atomic mass is 9.94. The first-order chi connectivity index (χ1) is 12.9. The zero-order valence-corrected chi connectivity index (χ0v) is 14.5. The van der Waals surface area contributed by atoms with Crippen molar-refractivity contribution in [3.63, 3.8) is 0 Å². The molecule has 1 fully saturated rings. The van der Waals surface area contributed by atoms with Gasteiger partial charge in [0.2, 0.25) is 5.88 Å². The number of piperidine rings is 1. The van der Waals surface area contributed by atoms with Gasteiger partial charge in [-0.05, 0) is 43.1 Å². The second-order valence-electron chi connectivity index (χ2n) is 6.47. The quantitative estimate of drug-likeness (QED) is 0.704. The minimum absolute atomic E-state index is 0.306. The molecular weight excluding hydrogens is 326 g/mol. The molecule has 0 bridgehead atoms. The van der Waals surface area contributed by atoms with Gasteiger partial charge in [-0.3, -0.25) is 19.9 Å². The average Bonchev–Trinajstić information content (AvgIpc) is 2.70. The largest absolute Gasteiger partial charge is 0.436 e. The molecule has 6 heteroatoms. The number of rotatable bonds is 5. The van der Waals surface area contributed by atoms with Crippen LogP contribution in [-0.2, 0) is 6.54 Å². The molecule has 0 spiro atoms. The Morgan fingerprint density at radius 2 is 1.85 bits per heavy atom. The third kappa shape index (κ3) is 4.03. The van der Waals surface area contributed by atoms with E-state index >= 15 is 0 Å². The lowest BCUT2D eigenvalue weighted by Gasteiger charge is -2.32. The Balaban J connectivity index is 1.50. The maximum absolute atomic E-state index is 5.95. The van der Waals surface area contributed by atoms with Crippen LogP contribution >= 0.6 is 0 Å². The van der Waals surface area contributed by atoms with E-state index in [0.717, 1.165) is 38.2 Å². The molecule has 0 aliphatic carbocycles. The van der Waals surface area contributed by atoms with Crippen LogP contribution in [0.1, 0.15) is 30.0 Å². The monoisotopic (exact) mass is 347 g/mol. The number of likely N-dealkylation sites (tertiary alicyclic amines) is 1. The molecule has 1 aliphatic rings. The summed E-state index contributed by atoms with van der Waals surface area (Å²) < 4.78 is 5.95. The Morgan fingerprint density at radius 3 is 2.65 bits per heavy atom. The van der Waals surface area contributed by atoms with Crippen molar-refractivity contribution in [2.75, 3.05) is 13.1 Å². The van der Waals surface area contributed by atoms with Crippen molar-refractivity contribution in [3.8, 4) is 11.6 Å². The first kappa shape index (κ1) is 16.6. The number of nitrogens with zero attached hydrogens (tertiary/aromatic N) is 5. The molecule has 0 unspecified atom stereocenters. The summed E-state index contributed by atoms with van der Waals surface area (Å²) in [5.41, 5.74) is 2.16. The fourth-order valence-corrected chi connectivity index (χ4v) is 3.39. The Kier molecular flexibility index (Phi) is 5.12. The van der Waals surface area contributed by atoms with Crippen LogP contribution in [0.15, 0.2) is 61.4 Å². The fourth-order valence-electron chi connectivity index (χ4n) is 3.39. The highest BCUT2D eigenvalue weighted by molar-refractivity contribution is 5.29. The van der Waals surface area contributed by atoms with Gasteiger partial charge >= 0.3 is 0 Å². The smallest absolute Gasteiger partial charge is 0.241 e. The van der Waals surface area contributed by atoms with Crippen molar-refractivity contribution >= 4 is 0 Å². The van der Waals surface area contributed by atoms with Crippen molar-refractivity contribution in [2.45, 2.75) is 25.3 Å². The molecule has 4 rings (SSSR count). The van der Waals surface area contributed by atoms with Gasteiger partial charge in [-0.15, -0.1) is 0 Å². The summed E-state index contributed by atoms with van der Waals surface area (Å²) in [6.07, 6.45) is 12.8. The first-order valence-electron chi connectivity index (χ1n) is 8.88. The van der Waals surface area contributed by atoms with E-state index in [2.05, 4.69) is 30.9 Å². The van der Waals surface area contributed by atoms with Gasteiger partial charge in [0.15, 0.2) is 0 Å². The molecule has 0 saturated carbocycles. The maximum atomic E-state index is 5.95. The highest BCUT2D eigenvalue weighted by Crippen LogP contribution is 2.32. The van der Waals surface area contributed by atoms with E-state index in [1.807, 2.05) is 30.6 Å². The maximum Gasteiger partial charge on any atom is 0.241 e. The molecule has 1 saturated heterocycles. The van der Waals surface area contributed by atoms with E-state index in [0.29, 0.717) is 17.5 Å². The molecule has 132 valence electrons. The molecule has 0 N–H and O–H groups in total. The van der Waals surface area contributed by atoms with Gasteiger partial charge in [0.05, 0.1) is 6.20 Å². The molecule has 3 aromatic rings. The van der Waals surface area contributed by atoms with Gasteiger partial charge in [-0.1, -0.05) is 6.07 Å².